The fourth-order valence-corrected chi connectivity index (χ4v) is 5.02. The molecule has 12 heteroatoms. The van der Waals surface area contributed by atoms with E-state index in [2.05, 4.69) is 15.0 Å². The molecule has 1 aliphatic carbocycles. The summed E-state index contributed by atoms with van der Waals surface area (Å²) in [5.41, 5.74) is -1.33. The number of hydrogen-bond donors (Lipinski definition) is 0. The number of carbonyl (C=O) groups is 1. The minimum absolute atomic E-state index is 0.00215. The van der Waals surface area contributed by atoms with Crippen molar-refractivity contribution in [3.05, 3.63) is 71.4 Å². The molecule has 1 aliphatic heterocycles. The molecule has 1 saturated heterocycles. The third kappa shape index (κ3) is 4.24. The van der Waals surface area contributed by atoms with Crippen LogP contribution in [0.15, 0.2) is 42.7 Å². The molecule has 2 fully saturated rings. The number of carbonyl (C=O) groups excluding carboxylic acids is 1. The third-order valence-corrected chi connectivity index (χ3v) is 6.70. The van der Waals surface area contributed by atoms with Crippen molar-refractivity contribution < 1.29 is 35.9 Å². The molecule has 0 spiro atoms. The molecule has 3 heterocycles. The average molecular weight is 508 g/mol. The van der Waals surface area contributed by atoms with Crippen molar-refractivity contribution >= 4 is 5.91 Å². The van der Waals surface area contributed by atoms with Crippen LogP contribution in [0.4, 0.5) is 26.3 Å². The monoisotopic (exact) mass is 508 g/mol. The van der Waals surface area contributed by atoms with E-state index in [4.69, 9.17) is 4.74 Å². The number of amides is 1. The first kappa shape index (κ1) is 24.0. The Morgan fingerprint density at radius 1 is 1.03 bits per heavy atom. The number of halogens is 6. The molecule has 5 rings (SSSR count). The minimum atomic E-state index is -4.89. The van der Waals surface area contributed by atoms with Crippen LogP contribution in [0.2, 0.25) is 0 Å². The molecule has 2 aliphatic rings. The normalized spacial score (nSPS) is 23.2. The van der Waals surface area contributed by atoms with Gasteiger partial charge in [0.1, 0.15) is 17.5 Å². The number of aromatic nitrogens is 3. The van der Waals surface area contributed by atoms with Gasteiger partial charge < -0.3 is 9.64 Å². The Kier molecular flexibility index (Phi) is 5.84. The maximum atomic E-state index is 14.2. The topological polar surface area (TPSA) is 68.2 Å². The number of nitrogens with zero attached hydrogens (tertiary/aromatic N) is 4. The number of fused-ring (bicyclic) bond motifs is 2. The summed E-state index contributed by atoms with van der Waals surface area (Å²) in [6, 6.07) is 4.25. The molecule has 0 N–H and O–H groups in total. The molecule has 1 aromatic carbocycles. The predicted octanol–water partition coefficient (Wildman–Crippen LogP) is 5.05. The summed E-state index contributed by atoms with van der Waals surface area (Å²) in [6.07, 6.45) is -2.66. The van der Waals surface area contributed by atoms with Crippen LogP contribution in [0, 0.1) is 23.5 Å². The van der Waals surface area contributed by atoms with Crippen molar-refractivity contribution in [3.63, 3.8) is 0 Å². The first-order valence-electron chi connectivity index (χ1n) is 11.0. The van der Waals surface area contributed by atoms with Gasteiger partial charge in [-0.05, 0) is 49.9 Å². The van der Waals surface area contributed by atoms with Crippen molar-refractivity contribution in [2.75, 3.05) is 0 Å². The minimum Gasteiger partial charge on any atom is -0.472 e. The molecule has 4 atom stereocenters. The van der Waals surface area contributed by atoms with E-state index in [-0.39, 0.29) is 34.8 Å². The van der Waals surface area contributed by atoms with Gasteiger partial charge in [-0.15, -0.1) is 0 Å². The van der Waals surface area contributed by atoms with E-state index < -0.39 is 47.4 Å². The number of ether oxygens (including phenoxy) is 1. The fourth-order valence-electron chi connectivity index (χ4n) is 5.02. The summed E-state index contributed by atoms with van der Waals surface area (Å²) in [5.74, 6) is -3.86. The molecule has 2 bridgehead atoms. The largest absolute Gasteiger partial charge is 0.472 e. The zero-order valence-corrected chi connectivity index (χ0v) is 18.6. The van der Waals surface area contributed by atoms with Crippen molar-refractivity contribution in [3.8, 4) is 17.3 Å². The number of benzene rings is 1. The average Bonchev–Trinajstić information content (AvgIpc) is 3.36. The highest BCUT2D eigenvalue weighted by atomic mass is 19.4. The molecule has 1 saturated carbocycles. The number of likely N-dealkylation sites (tertiary alicyclic amines) is 1. The number of alkyl halides is 3. The summed E-state index contributed by atoms with van der Waals surface area (Å²) in [7, 11) is 0. The third-order valence-electron chi connectivity index (χ3n) is 6.70. The van der Waals surface area contributed by atoms with Gasteiger partial charge in [0.2, 0.25) is 11.8 Å². The van der Waals surface area contributed by atoms with E-state index in [0.29, 0.717) is 18.9 Å². The molecular weight excluding hydrogens is 490 g/mol. The summed E-state index contributed by atoms with van der Waals surface area (Å²) >= 11 is 0. The van der Waals surface area contributed by atoms with Crippen molar-refractivity contribution in [1.29, 1.82) is 0 Å². The molecular formula is C24H18F6N4O2. The Hall–Kier alpha value is -3.70. The highest BCUT2D eigenvalue weighted by Crippen LogP contribution is 2.45. The number of rotatable bonds is 4. The summed E-state index contributed by atoms with van der Waals surface area (Å²) in [6.45, 7) is 1.84. The van der Waals surface area contributed by atoms with E-state index in [1.54, 1.807) is 0 Å². The standard InChI is InChI=1S/C24H18F6N4O2/c1-11-12-6-18(19(7-12)36-20-5-4-17(21(27)33-20)24(28,29)30)34(11)23(35)16-8-13(25)2-3-15(16)22-31-9-14(26)10-32-22/h2-5,8-12,18-19H,6-7H2,1H3/t11?,12-,18?,19?/m1/s1. The van der Waals surface area contributed by atoms with Crippen molar-refractivity contribution in [2.45, 2.75) is 44.1 Å². The summed E-state index contributed by atoms with van der Waals surface area (Å²) in [4.78, 5) is 26.2. The van der Waals surface area contributed by atoms with Crippen LogP contribution in [0.1, 0.15) is 35.7 Å². The molecule has 6 nitrogen and oxygen atoms in total. The van der Waals surface area contributed by atoms with E-state index in [0.717, 1.165) is 30.6 Å². The Morgan fingerprint density at radius 2 is 1.75 bits per heavy atom. The van der Waals surface area contributed by atoms with Gasteiger partial charge in [0.15, 0.2) is 11.6 Å². The molecule has 188 valence electrons. The van der Waals surface area contributed by atoms with E-state index in [1.807, 2.05) is 6.92 Å². The van der Waals surface area contributed by atoms with Gasteiger partial charge in [-0.2, -0.15) is 22.5 Å². The quantitative estimate of drug-likeness (QED) is 0.365. The van der Waals surface area contributed by atoms with Gasteiger partial charge in [-0.3, -0.25) is 4.79 Å². The van der Waals surface area contributed by atoms with Gasteiger partial charge in [0, 0.05) is 17.7 Å². The van der Waals surface area contributed by atoms with Crippen LogP contribution in [0.25, 0.3) is 11.4 Å². The molecule has 36 heavy (non-hydrogen) atoms. The number of hydrogen-bond acceptors (Lipinski definition) is 5. The lowest BCUT2D eigenvalue weighted by Gasteiger charge is -2.38. The molecule has 1 amide bonds. The first-order chi connectivity index (χ1) is 17.0. The highest BCUT2D eigenvalue weighted by molar-refractivity contribution is 6.00. The molecule has 0 radical (unpaired) electrons. The van der Waals surface area contributed by atoms with Crippen LogP contribution in [0.5, 0.6) is 5.88 Å². The Morgan fingerprint density at radius 3 is 2.39 bits per heavy atom. The fraction of sp³-hybridized carbons (Fsp3) is 0.333. The molecule has 3 unspecified atom stereocenters. The Bertz CT molecular complexity index is 1320. The summed E-state index contributed by atoms with van der Waals surface area (Å²) < 4.78 is 85.6. The van der Waals surface area contributed by atoms with Gasteiger partial charge in [-0.1, -0.05) is 0 Å². The second-order valence-electron chi connectivity index (χ2n) is 8.81. The molecule has 2 aromatic heterocycles. The van der Waals surface area contributed by atoms with Crippen LogP contribution >= 0.6 is 0 Å². The van der Waals surface area contributed by atoms with Crippen LogP contribution in [0.3, 0.4) is 0 Å². The smallest absolute Gasteiger partial charge is 0.420 e. The second-order valence-corrected chi connectivity index (χ2v) is 8.81. The predicted molar refractivity (Wildman–Crippen MR) is 113 cm³/mol. The van der Waals surface area contributed by atoms with Gasteiger partial charge in [0.05, 0.1) is 24.0 Å². The highest BCUT2D eigenvalue weighted by Gasteiger charge is 2.53. The first-order valence-corrected chi connectivity index (χ1v) is 11.0. The second kappa shape index (κ2) is 8.75. The van der Waals surface area contributed by atoms with Crippen molar-refractivity contribution in [1.82, 2.24) is 19.9 Å². The maximum Gasteiger partial charge on any atom is 0.420 e. The molecule has 3 aromatic rings. The maximum absolute atomic E-state index is 14.2. The van der Waals surface area contributed by atoms with Crippen LogP contribution in [-0.2, 0) is 6.18 Å². The SMILES string of the molecule is CC1[C@H]2CC(Oc3ccc(C(F)(F)F)c(F)n3)C(C2)N1C(=O)c1cc(F)ccc1-c1ncc(F)cn1. The number of pyridine rings is 1. The van der Waals surface area contributed by atoms with E-state index in [9.17, 15) is 31.1 Å². The lowest BCUT2D eigenvalue weighted by Crippen LogP contribution is -2.51. The Labute approximate surface area is 201 Å². The van der Waals surface area contributed by atoms with Crippen molar-refractivity contribution in [2.24, 2.45) is 5.92 Å². The van der Waals surface area contributed by atoms with Crippen LogP contribution in [-0.4, -0.2) is 43.9 Å². The van der Waals surface area contributed by atoms with Crippen LogP contribution < -0.4 is 4.74 Å². The lowest BCUT2D eigenvalue weighted by atomic mass is 9.97. The zero-order chi connectivity index (χ0) is 25.8. The van der Waals surface area contributed by atoms with E-state index >= 15 is 0 Å². The van der Waals surface area contributed by atoms with Gasteiger partial charge in [0.25, 0.3) is 5.91 Å². The number of piperidine rings is 1. The van der Waals surface area contributed by atoms with Gasteiger partial charge >= 0.3 is 6.18 Å². The van der Waals surface area contributed by atoms with E-state index in [1.165, 1.54) is 11.0 Å². The van der Waals surface area contributed by atoms with Gasteiger partial charge in [-0.25, -0.2) is 18.7 Å². The zero-order valence-electron chi connectivity index (χ0n) is 18.6. The summed E-state index contributed by atoms with van der Waals surface area (Å²) in [5, 5.41) is 0. The lowest BCUT2D eigenvalue weighted by molar-refractivity contribution is -0.140. The Balaban J connectivity index is 1.42.